The van der Waals surface area contributed by atoms with Crippen molar-refractivity contribution < 1.29 is 18.3 Å². The molecule has 32 heavy (non-hydrogen) atoms. The summed E-state index contributed by atoms with van der Waals surface area (Å²) in [5, 5.41) is 10.5. The van der Waals surface area contributed by atoms with E-state index in [1.54, 1.807) is 29.1 Å². The van der Waals surface area contributed by atoms with Crippen molar-refractivity contribution >= 4 is 11.6 Å². The normalized spacial score (nSPS) is 16.0. The molecule has 0 aliphatic carbocycles. The standard InChI is InChI=1S/C24H26F2N4O2/c1-30-22(9-12-28-30)19-15-18(29-24(31)16-5-7-20(25)21(26)14-16)6-8-23(19)32-13-10-17-4-2-3-11-27-17/h5-9,12,14-15,17,27H,2-4,10-11,13H2,1H3,(H,29,31). The van der Waals surface area contributed by atoms with Gasteiger partial charge in [0, 0.05) is 36.1 Å². The highest BCUT2D eigenvalue weighted by Gasteiger charge is 2.16. The summed E-state index contributed by atoms with van der Waals surface area (Å²) >= 11 is 0. The van der Waals surface area contributed by atoms with E-state index in [-0.39, 0.29) is 5.56 Å². The third-order valence-corrected chi connectivity index (χ3v) is 5.65. The number of benzene rings is 2. The van der Waals surface area contributed by atoms with Crippen LogP contribution in [0.15, 0.2) is 48.7 Å². The molecular formula is C24H26F2N4O2. The van der Waals surface area contributed by atoms with Gasteiger partial charge < -0.3 is 15.4 Å². The number of halogens is 2. The smallest absolute Gasteiger partial charge is 0.255 e. The fraction of sp³-hybridized carbons (Fsp3) is 0.333. The summed E-state index contributed by atoms with van der Waals surface area (Å²) in [6, 6.07) is 10.7. The van der Waals surface area contributed by atoms with E-state index in [2.05, 4.69) is 15.7 Å². The Kier molecular flexibility index (Phi) is 6.80. The number of anilines is 1. The molecule has 1 saturated heterocycles. The van der Waals surface area contributed by atoms with E-state index in [4.69, 9.17) is 4.74 Å². The van der Waals surface area contributed by atoms with E-state index in [0.717, 1.165) is 42.8 Å². The van der Waals surface area contributed by atoms with Crippen LogP contribution >= 0.6 is 0 Å². The van der Waals surface area contributed by atoms with Gasteiger partial charge in [-0.3, -0.25) is 9.48 Å². The average molecular weight is 440 g/mol. The van der Waals surface area contributed by atoms with Crippen LogP contribution in [0.2, 0.25) is 0 Å². The topological polar surface area (TPSA) is 68.2 Å². The monoisotopic (exact) mass is 440 g/mol. The van der Waals surface area contributed by atoms with Crippen molar-refractivity contribution in [1.29, 1.82) is 0 Å². The number of carbonyl (C=O) groups is 1. The van der Waals surface area contributed by atoms with Crippen molar-refractivity contribution in [1.82, 2.24) is 15.1 Å². The number of hydrogen-bond donors (Lipinski definition) is 2. The first kappa shape index (κ1) is 22.0. The van der Waals surface area contributed by atoms with Gasteiger partial charge in [0.25, 0.3) is 5.91 Å². The number of aromatic nitrogens is 2. The summed E-state index contributed by atoms with van der Waals surface area (Å²) in [4.78, 5) is 12.5. The predicted octanol–water partition coefficient (Wildman–Crippen LogP) is 4.53. The molecule has 3 aromatic rings. The van der Waals surface area contributed by atoms with Gasteiger partial charge in [-0.25, -0.2) is 8.78 Å². The van der Waals surface area contributed by atoms with Crippen LogP contribution in [0.3, 0.4) is 0 Å². The highest BCUT2D eigenvalue weighted by molar-refractivity contribution is 6.04. The molecular weight excluding hydrogens is 414 g/mol. The molecule has 2 N–H and O–H groups in total. The van der Waals surface area contributed by atoms with E-state index in [1.165, 1.54) is 18.9 Å². The van der Waals surface area contributed by atoms with Gasteiger partial charge in [-0.05, 0) is 68.3 Å². The molecule has 8 heteroatoms. The van der Waals surface area contributed by atoms with E-state index in [0.29, 0.717) is 24.1 Å². The Morgan fingerprint density at radius 1 is 1.19 bits per heavy atom. The molecule has 2 aromatic carbocycles. The van der Waals surface area contributed by atoms with Gasteiger partial charge in [-0.1, -0.05) is 6.42 Å². The second-order valence-corrected chi connectivity index (χ2v) is 7.92. The molecule has 0 saturated carbocycles. The van der Waals surface area contributed by atoms with Crippen molar-refractivity contribution in [3.63, 3.8) is 0 Å². The van der Waals surface area contributed by atoms with E-state index in [9.17, 15) is 13.6 Å². The maximum Gasteiger partial charge on any atom is 0.255 e. The Labute approximate surface area is 185 Å². The Morgan fingerprint density at radius 3 is 2.78 bits per heavy atom. The number of piperidine rings is 1. The van der Waals surface area contributed by atoms with Gasteiger partial charge in [0.15, 0.2) is 11.6 Å². The number of nitrogens with one attached hydrogen (secondary N) is 2. The maximum absolute atomic E-state index is 13.5. The SMILES string of the molecule is Cn1nccc1-c1cc(NC(=O)c2ccc(F)c(F)c2)ccc1OCCC1CCCCN1. The Balaban J connectivity index is 1.52. The quantitative estimate of drug-likeness (QED) is 0.567. The minimum absolute atomic E-state index is 0.0336. The molecule has 1 atom stereocenters. The molecule has 1 amide bonds. The zero-order valence-electron chi connectivity index (χ0n) is 17.9. The molecule has 6 nitrogen and oxygen atoms in total. The molecule has 1 aliphatic heterocycles. The van der Waals surface area contributed by atoms with Crippen LogP contribution in [0.25, 0.3) is 11.3 Å². The van der Waals surface area contributed by atoms with Crippen molar-refractivity contribution in [2.45, 2.75) is 31.7 Å². The number of carbonyl (C=O) groups excluding carboxylic acids is 1. The highest BCUT2D eigenvalue weighted by Crippen LogP contribution is 2.33. The molecule has 0 radical (unpaired) electrons. The Morgan fingerprint density at radius 2 is 2.06 bits per heavy atom. The van der Waals surface area contributed by atoms with Crippen LogP contribution in [0.4, 0.5) is 14.5 Å². The summed E-state index contributed by atoms with van der Waals surface area (Å²) < 4.78 is 34.5. The summed E-state index contributed by atoms with van der Waals surface area (Å²) in [7, 11) is 1.83. The second kappa shape index (κ2) is 9.91. The van der Waals surface area contributed by atoms with Crippen LogP contribution in [-0.2, 0) is 7.05 Å². The largest absolute Gasteiger partial charge is 0.493 e. The lowest BCUT2D eigenvalue weighted by Gasteiger charge is -2.23. The van der Waals surface area contributed by atoms with Crippen molar-refractivity contribution in [2.24, 2.45) is 7.05 Å². The Bertz CT molecular complexity index is 1090. The Hall–Kier alpha value is -3.26. The van der Waals surface area contributed by atoms with Gasteiger partial charge in [0.05, 0.1) is 12.3 Å². The molecule has 168 valence electrons. The zero-order valence-corrected chi connectivity index (χ0v) is 17.9. The maximum atomic E-state index is 13.5. The van der Waals surface area contributed by atoms with E-state index < -0.39 is 17.5 Å². The first-order valence-electron chi connectivity index (χ1n) is 10.8. The van der Waals surface area contributed by atoms with Crippen LogP contribution < -0.4 is 15.4 Å². The van der Waals surface area contributed by atoms with Gasteiger partial charge >= 0.3 is 0 Å². The minimum Gasteiger partial charge on any atom is -0.493 e. The first-order valence-corrected chi connectivity index (χ1v) is 10.8. The number of hydrogen-bond acceptors (Lipinski definition) is 4. The fourth-order valence-electron chi connectivity index (χ4n) is 3.89. The first-order chi connectivity index (χ1) is 15.5. The third-order valence-electron chi connectivity index (χ3n) is 5.65. The van der Waals surface area contributed by atoms with Gasteiger partial charge in [0.2, 0.25) is 0 Å². The van der Waals surface area contributed by atoms with E-state index >= 15 is 0 Å². The highest BCUT2D eigenvalue weighted by atomic mass is 19.2. The number of ether oxygens (including phenoxy) is 1. The molecule has 0 spiro atoms. The molecule has 1 unspecified atom stereocenters. The van der Waals surface area contributed by atoms with E-state index in [1.807, 2.05) is 13.1 Å². The molecule has 1 aromatic heterocycles. The van der Waals surface area contributed by atoms with Crippen LogP contribution in [-0.4, -0.2) is 34.9 Å². The van der Waals surface area contributed by atoms with Crippen molar-refractivity contribution in [3.8, 4) is 17.0 Å². The molecule has 1 fully saturated rings. The van der Waals surface area contributed by atoms with Crippen LogP contribution in [0, 0.1) is 11.6 Å². The molecule has 1 aliphatic rings. The van der Waals surface area contributed by atoms with Crippen molar-refractivity contribution in [2.75, 3.05) is 18.5 Å². The lowest BCUT2D eigenvalue weighted by molar-refractivity contribution is 0.102. The minimum atomic E-state index is -1.07. The number of nitrogens with zero attached hydrogens (tertiary/aromatic N) is 2. The zero-order chi connectivity index (χ0) is 22.5. The second-order valence-electron chi connectivity index (χ2n) is 7.92. The van der Waals surface area contributed by atoms with Gasteiger partial charge in [0.1, 0.15) is 5.75 Å². The lowest BCUT2D eigenvalue weighted by atomic mass is 10.0. The summed E-state index contributed by atoms with van der Waals surface area (Å²) in [6.45, 7) is 1.63. The summed E-state index contributed by atoms with van der Waals surface area (Å²) in [5.74, 6) is -1.90. The average Bonchev–Trinajstić information content (AvgIpc) is 3.23. The van der Waals surface area contributed by atoms with Crippen LogP contribution in [0.1, 0.15) is 36.0 Å². The van der Waals surface area contributed by atoms with Crippen LogP contribution in [0.5, 0.6) is 5.75 Å². The fourth-order valence-corrected chi connectivity index (χ4v) is 3.89. The van der Waals surface area contributed by atoms with Crippen molar-refractivity contribution in [3.05, 3.63) is 65.9 Å². The number of amides is 1. The summed E-state index contributed by atoms with van der Waals surface area (Å²) in [6.07, 6.45) is 6.23. The molecule has 0 bridgehead atoms. The lowest BCUT2D eigenvalue weighted by Crippen LogP contribution is -2.35. The number of aryl methyl sites for hydroxylation is 1. The molecule has 2 heterocycles. The summed E-state index contributed by atoms with van der Waals surface area (Å²) in [5.41, 5.74) is 2.16. The molecule has 4 rings (SSSR count). The third kappa shape index (κ3) is 5.13. The van der Waals surface area contributed by atoms with Gasteiger partial charge in [-0.2, -0.15) is 5.10 Å². The number of rotatable bonds is 7. The van der Waals surface area contributed by atoms with Gasteiger partial charge in [-0.15, -0.1) is 0 Å². The predicted molar refractivity (Wildman–Crippen MR) is 119 cm³/mol.